The van der Waals surface area contributed by atoms with E-state index in [2.05, 4.69) is 20.3 Å². The summed E-state index contributed by atoms with van der Waals surface area (Å²) >= 11 is 1.65. The molecule has 2 heterocycles. The minimum absolute atomic E-state index is 0.0256. The second-order valence-electron chi connectivity index (χ2n) is 6.86. The highest BCUT2D eigenvalue weighted by atomic mass is 32.2. The highest BCUT2D eigenvalue weighted by molar-refractivity contribution is 7.99. The van der Waals surface area contributed by atoms with Crippen LogP contribution in [0.5, 0.6) is 0 Å². The Labute approximate surface area is 173 Å². The van der Waals surface area contributed by atoms with E-state index in [1.165, 1.54) is 0 Å². The molecule has 0 aliphatic heterocycles. The van der Waals surface area contributed by atoms with Gasteiger partial charge in [-0.05, 0) is 43.2 Å². The summed E-state index contributed by atoms with van der Waals surface area (Å²) in [5, 5.41) is 3.98. The molecule has 29 heavy (non-hydrogen) atoms. The van der Waals surface area contributed by atoms with E-state index >= 15 is 0 Å². The maximum Gasteiger partial charge on any atom is 0.220 e. The first kappa shape index (κ1) is 19.3. The molecule has 0 bridgehead atoms. The van der Waals surface area contributed by atoms with Crippen molar-refractivity contribution in [2.45, 2.75) is 31.0 Å². The minimum Gasteiger partial charge on any atom is -0.350 e. The summed E-state index contributed by atoms with van der Waals surface area (Å²) < 4.78 is 1.95. The van der Waals surface area contributed by atoms with E-state index in [1.54, 1.807) is 24.3 Å². The number of para-hydroxylation sites is 2. The van der Waals surface area contributed by atoms with Gasteiger partial charge in [0.15, 0.2) is 5.16 Å². The van der Waals surface area contributed by atoms with E-state index in [9.17, 15) is 4.79 Å². The van der Waals surface area contributed by atoms with Crippen molar-refractivity contribution in [1.82, 2.24) is 24.8 Å². The third-order valence-electron chi connectivity index (χ3n) is 4.73. The highest BCUT2D eigenvalue weighted by Gasteiger charge is 2.10. The number of hydrogen-bond acceptors (Lipinski definition) is 4. The molecule has 0 spiro atoms. The monoisotopic (exact) mass is 405 g/mol. The van der Waals surface area contributed by atoms with Crippen LogP contribution in [0, 0.1) is 0 Å². The summed E-state index contributed by atoms with van der Waals surface area (Å²) in [4.78, 5) is 24.2. The number of benzene rings is 2. The molecular formula is C22H23N5OS. The van der Waals surface area contributed by atoms with Gasteiger partial charge in [0, 0.05) is 30.3 Å². The van der Waals surface area contributed by atoms with Crippen molar-refractivity contribution < 1.29 is 4.79 Å². The highest BCUT2D eigenvalue weighted by Crippen LogP contribution is 2.20. The number of aromatic amines is 1. The Morgan fingerprint density at radius 2 is 2.03 bits per heavy atom. The number of fused-ring (bicyclic) bond motifs is 1. The molecule has 6 nitrogen and oxygen atoms in total. The third kappa shape index (κ3) is 4.86. The molecule has 0 saturated carbocycles. The molecule has 1 atom stereocenters. The molecule has 2 N–H and O–H groups in total. The number of amides is 1. The minimum atomic E-state index is -0.0256. The molecule has 4 aromatic rings. The number of carbonyl (C=O) groups excluding carboxylic acids is 1. The first-order valence-electron chi connectivity index (χ1n) is 9.64. The summed E-state index contributed by atoms with van der Waals surface area (Å²) in [6.07, 6.45) is 6.74. The number of H-pyrrole nitrogens is 1. The smallest absolute Gasteiger partial charge is 0.220 e. The van der Waals surface area contributed by atoms with Crippen molar-refractivity contribution in [3.63, 3.8) is 0 Å². The van der Waals surface area contributed by atoms with Gasteiger partial charge in [-0.25, -0.2) is 9.97 Å². The molecule has 2 aromatic heterocycles. The van der Waals surface area contributed by atoms with Gasteiger partial charge in [-0.3, -0.25) is 4.79 Å². The van der Waals surface area contributed by atoms with Crippen LogP contribution in [0.1, 0.15) is 31.4 Å². The van der Waals surface area contributed by atoms with Gasteiger partial charge in [-0.1, -0.05) is 36.0 Å². The average molecular weight is 406 g/mol. The topological polar surface area (TPSA) is 75.6 Å². The lowest BCUT2D eigenvalue weighted by Crippen LogP contribution is -2.26. The molecule has 0 aliphatic carbocycles. The molecule has 1 amide bonds. The summed E-state index contributed by atoms with van der Waals surface area (Å²) in [7, 11) is 0. The SMILES string of the molecule is CC(NC(=O)CCCSc1nc2ccccc2[nH]1)c1ccc(-n2ccnc2)cc1. The van der Waals surface area contributed by atoms with Crippen molar-refractivity contribution in [3.8, 4) is 5.69 Å². The van der Waals surface area contributed by atoms with Gasteiger partial charge < -0.3 is 14.9 Å². The number of hydrogen-bond donors (Lipinski definition) is 2. The molecular weight excluding hydrogens is 382 g/mol. The van der Waals surface area contributed by atoms with Crippen molar-refractivity contribution in [2.75, 3.05) is 5.75 Å². The molecule has 7 heteroatoms. The van der Waals surface area contributed by atoms with E-state index in [-0.39, 0.29) is 11.9 Å². The molecule has 0 saturated heterocycles. The van der Waals surface area contributed by atoms with Crippen LogP contribution in [-0.2, 0) is 4.79 Å². The Kier molecular flexibility index (Phi) is 5.95. The Balaban J connectivity index is 1.21. The quantitative estimate of drug-likeness (QED) is 0.334. The van der Waals surface area contributed by atoms with Crippen LogP contribution in [0.4, 0.5) is 0 Å². The van der Waals surface area contributed by atoms with Crippen LogP contribution in [0.3, 0.4) is 0 Å². The summed E-state index contributed by atoms with van der Waals surface area (Å²) in [5.74, 6) is 0.919. The molecule has 1 unspecified atom stereocenters. The fourth-order valence-electron chi connectivity index (χ4n) is 3.14. The first-order valence-corrected chi connectivity index (χ1v) is 10.6. The zero-order chi connectivity index (χ0) is 20.1. The Hall–Kier alpha value is -3.06. The predicted molar refractivity (Wildman–Crippen MR) is 116 cm³/mol. The van der Waals surface area contributed by atoms with Gasteiger partial charge in [-0.15, -0.1) is 0 Å². The maximum absolute atomic E-state index is 12.3. The summed E-state index contributed by atoms with van der Waals surface area (Å²) in [6, 6.07) is 16.1. The van der Waals surface area contributed by atoms with Crippen LogP contribution in [0.2, 0.25) is 0 Å². The second kappa shape index (κ2) is 8.96. The van der Waals surface area contributed by atoms with Crippen molar-refractivity contribution in [3.05, 3.63) is 72.8 Å². The maximum atomic E-state index is 12.3. The Morgan fingerprint density at radius 3 is 2.79 bits per heavy atom. The van der Waals surface area contributed by atoms with E-state index < -0.39 is 0 Å². The summed E-state index contributed by atoms with van der Waals surface area (Å²) in [5.41, 5.74) is 4.15. The standard InChI is InChI=1S/C22H23N5OS/c1-16(17-8-10-18(11-9-17)27-13-12-23-15-27)24-21(28)7-4-14-29-22-25-19-5-2-3-6-20(19)26-22/h2-3,5-6,8-13,15-16H,4,7,14H2,1H3,(H,24,28)(H,25,26). The lowest BCUT2D eigenvalue weighted by atomic mass is 10.1. The van der Waals surface area contributed by atoms with E-state index in [4.69, 9.17) is 0 Å². The van der Waals surface area contributed by atoms with Gasteiger partial charge in [0.2, 0.25) is 5.91 Å². The number of thioether (sulfide) groups is 1. The van der Waals surface area contributed by atoms with Crippen molar-refractivity contribution in [1.29, 1.82) is 0 Å². The molecule has 148 valence electrons. The Morgan fingerprint density at radius 1 is 1.21 bits per heavy atom. The fraction of sp³-hybridized carbons (Fsp3) is 0.227. The van der Waals surface area contributed by atoms with Crippen LogP contribution in [0.15, 0.2) is 72.4 Å². The van der Waals surface area contributed by atoms with Gasteiger partial charge in [0.05, 0.1) is 23.4 Å². The van der Waals surface area contributed by atoms with Crippen LogP contribution in [0.25, 0.3) is 16.7 Å². The van der Waals surface area contributed by atoms with E-state index in [0.717, 1.165) is 39.6 Å². The number of rotatable bonds is 8. The van der Waals surface area contributed by atoms with Gasteiger partial charge >= 0.3 is 0 Å². The lowest BCUT2D eigenvalue weighted by molar-refractivity contribution is -0.121. The molecule has 0 radical (unpaired) electrons. The average Bonchev–Trinajstić information content (AvgIpc) is 3.41. The number of aromatic nitrogens is 4. The number of imidazole rings is 2. The normalized spacial score (nSPS) is 12.2. The molecule has 2 aromatic carbocycles. The first-order chi connectivity index (χ1) is 14.2. The van der Waals surface area contributed by atoms with Crippen molar-refractivity contribution in [2.24, 2.45) is 0 Å². The second-order valence-corrected chi connectivity index (χ2v) is 7.95. The number of carbonyl (C=O) groups is 1. The lowest BCUT2D eigenvalue weighted by Gasteiger charge is -2.15. The van der Waals surface area contributed by atoms with Gasteiger partial charge in [0.1, 0.15) is 0 Å². The Bertz CT molecular complexity index is 1040. The van der Waals surface area contributed by atoms with E-state index in [1.807, 2.05) is 66.2 Å². The zero-order valence-corrected chi connectivity index (χ0v) is 17.0. The van der Waals surface area contributed by atoms with Crippen LogP contribution < -0.4 is 5.32 Å². The predicted octanol–water partition coefficient (Wildman–Crippen LogP) is 4.50. The molecule has 0 fully saturated rings. The largest absolute Gasteiger partial charge is 0.350 e. The van der Waals surface area contributed by atoms with Gasteiger partial charge in [0.25, 0.3) is 0 Å². The van der Waals surface area contributed by atoms with Crippen molar-refractivity contribution >= 4 is 28.7 Å². The molecule has 0 aliphatic rings. The third-order valence-corrected chi connectivity index (χ3v) is 5.69. The van der Waals surface area contributed by atoms with Crippen LogP contribution >= 0.6 is 11.8 Å². The molecule has 4 rings (SSSR count). The zero-order valence-electron chi connectivity index (χ0n) is 16.2. The number of nitrogens with one attached hydrogen (secondary N) is 2. The van der Waals surface area contributed by atoms with Crippen LogP contribution in [-0.4, -0.2) is 31.2 Å². The van der Waals surface area contributed by atoms with E-state index in [0.29, 0.717) is 6.42 Å². The number of nitrogens with zero attached hydrogens (tertiary/aromatic N) is 3. The van der Waals surface area contributed by atoms with Gasteiger partial charge in [-0.2, -0.15) is 0 Å². The fourth-order valence-corrected chi connectivity index (χ4v) is 3.97. The summed E-state index contributed by atoms with van der Waals surface area (Å²) in [6.45, 7) is 2.01.